The molecular formula is C10H17BrN4S. The van der Waals surface area contributed by atoms with Crippen LogP contribution >= 0.6 is 27.7 Å². The van der Waals surface area contributed by atoms with Crippen LogP contribution in [-0.4, -0.2) is 32.5 Å². The van der Waals surface area contributed by atoms with Crippen LogP contribution in [-0.2, 0) is 7.05 Å². The first-order valence-electron chi connectivity index (χ1n) is 5.64. The van der Waals surface area contributed by atoms with E-state index in [-0.39, 0.29) is 0 Å². The van der Waals surface area contributed by atoms with E-state index in [1.807, 2.05) is 11.7 Å². The Bertz CT molecular complexity index is 329. The summed E-state index contributed by atoms with van der Waals surface area (Å²) in [6.07, 6.45) is 2.60. The van der Waals surface area contributed by atoms with Gasteiger partial charge in [0.25, 0.3) is 0 Å². The maximum Gasteiger partial charge on any atom is 0.153 e. The fourth-order valence-electron chi connectivity index (χ4n) is 2.16. The van der Waals surface area contributed by atoms with Gasteiger partial charge in [0.1, 0.15) is 0 Å². The fourth-order valence-corrected chi connectivity index (χ4v) is 4.12. The summed E-state index contributed by atoms with van der Waals surface area (Å²) in [5.74, 6) is 1.27. The van der Waals surface area contributed by atoms with Crippen molar-refractivity contribution >= 4 is 27.7 Å². The van der Waals surface area contributed by atoms with E-state index in [9.17, 15) is 0 Å². The summed E-state index contributed by atoms with van der Waals surface area (Å²) in [5.41, 5.74) is 1.17. The molecule has 1 aromatic heterocycles. The number of nitrogens with one attached hydrogen (secondary N) is 1. The van der Waals surface area contributed by atoms with Crippen molar-refractivity contribution in [3.8, 4) is 0 Å². The van der Waals surface area contributed by atoms with Gasteiger partial charge in [0, 0.05) is 12.3 Å². The summed E-state index contributed by atoms with van der Waals surface area (Å²) in [6, 6.07) is 0.354. The van der Waals surface area contributed by atoms with Gasteiger partial charge in [-0.3, -0.25) is 0 Å². The van der Waals surface area contributed by atoms with Crippen LogP contribution in [0.3, 0.4) is 0 Å². The summed E-state index contributed by atoms with van der Waals surface area (Å²) < 4.78 is 2.74. The molecule has 1 saturated heterocycles. The van der Waals surface area contributed by atoms with Crippen LogP contribution in [0.1, 0.15) is 31.5 Å². The lowest BCUT2D eigenvalue weighted by atomic mass is 10.1. The highest BCUT2D eigenvalue weighted by Gasteiger charge is 2.30. The minimum absolute atomic E-state index is 0.354. The molecule has 2 heterocycles. The van der Waals surface area contributed by atoms with Crippen molar-refractivity contribution < 1.29 is 0 Å². The van der Waals surface area contributed by atoms with Gasteiger partial charge < -0.3 is 5.32 Å². The van der Waals surface area contributed by atoms with Crippen molar-refractivity contribution in [2.24, 2.45) is 7.05 Å². The van der Waals surface area contributed by atoms with Gasteiger partial charge >= 0.3 is 0 Å². The van der Waals surface area contributed by atoms with Gasteiger partial charge in [0.05, 0.1) is 11.7 Å². The quantitative estimate of drug-likeness (QED) is 0.925. The first-order chi connectivity index (χ1) is 7.74. The van der Waals surface area contributed by atoms with Crippen molar-refractivity contribution in [1.82, 2.24) is 20.3 Å². The third-order valence-electron chi connectivity index (χ3n) is 2.88. The van der Waals surface area contributed by atoms with Gasteiger partial charge in [-0.2, -0.15) is 11.8 Å². The maximum atomic E-state index is 4.07. The first kappa shape index (κ1) is 12.4. The van der Waals surface area contributed by atoms with Crippen LogP contribution in [0.4, 0.5) is 0 Å². The Morgan fingerprint density at radius 1 is 1.69 bits per heavy atom. The molecule has 2 atom stereocenters. The number of aromatic nitrogens is 3. The molecule has 2 unspecified atom stereocenters. The molecule has 1 aliphatic rings. The molecule has 0 aliphatic carbocycles. The minimum Gasteiger partial charge on any atom is -0.308 e. The first-order valence-corrected chi connectivity index (χ1v) is 7.48. The Morgan fingerprint density at radius 3 is 3.00 bits per heavy atom. The van der Waals surface area contributed by atoms with Crippen molar-refractivity contribution in [3.05, 3.63) is 10.3 Å². The molecule has 1 N–H and O–H groups in total. The van der Waals surface area contributed by atoms with Crippen LogP contribution in [0.15, 0.2) is 4.60 Å². The van der Waals surface area contributed by atoms with E-state index in [0.29, 0.717) is 11.3 Å². The SMILES string of the molecule is CCNC(c1c(Br)nnn1C)C1CCCS1. The van der Waals surface area contributed by atoms with Crippen molar-refractivity contribution in [3.63, 3.8) is 0 Å². The lowest BCUT2D eigenvalue weighted by Crippen LogP contribution is -2.31. The number of rotatable bonds is 4. The van der Waals surface area contributed by atoms with Gasteiger partial charge in [-0.15, -0.1) is 5.10 Å². The topological polar surface area (TPSA) is 42.7 Å². The zero-order valence-corrected chi connectivity index (χ0v) is 12.0. The third kappa shape index (κ3) is 2.43. The van der Waals surface area contributed by atoms with E-state index in [2.05, 4.69) is 50.2 Å². The highest BCUT2D eigenvalue weighted by atomic mass is 79.9. The summed E-state index contributed by atoms with van der Waals surface area (Å²) in [5, 5.41) is 12.3. The van der Waals surface area contributed by atoms with Gasteiger partial charge in [-0.05, 0) is 41.1 Å². The monoisotopic (exact) mass is 304 g/mol. The normalized spacial score (nSPS) is 22.6. The van der Waals surface area contributed by atoms with Gasteiger partial charge in [0.2, 0.25) is 0 Å². The lowest BCUT2D eigenvalue weighted by molar-refractivity contribution is 0.482. The summed E-state index contributed by atoms with van der Waals surface area (Å²) in [4.78, 5) is 0. The molecule has 6 heteroatoms. The molecular weight excluding hydrogens is 288 g/mol. The number of hydrogen-bond acceptors (Lipinski definition) is 4. The zero-order valence-electron chi connectivity index (χ0n) is 9.61. The Kier molecular flexibility index (Phi) is 4.27. The molecule has 0 bridgehead atoms. The molecule has 1 aliphatic heterocycles. The van der Waals surface area contributed by atoms with Gasteiger partial charge in [0.15, 0.2) is 4.60 Å². The molecule has 1 fully saturated rings. The van der Waals surface area contributed by atoms with E-state index in [4.69, 9.17) is 0 Å². The predicted octanol–water partition coefficient (Wildman–Crippen LogP) is 2.12. The molecule has 1 aromatic rings. The number of nitrogens with zero attached hydrogens (tertiary/aromatic N) is 3. The van der Waals surface area contributed by atoms with Crippen LogP contribution in [0.2, 0.25) is 0 Å². The van der Waals surface area contributed by atoms with E-state index in [0.717, 1.165) is 11.1 Å². The fraction of sp³-hybridized carbons (Fsp3) is 0.800. The highest BCUT2D eigenvalue weighted by molar-refractivity contribution is 9.10. The zero-order chi connectivity index (χ0) is 11.5. The maximum absolute atomic E-state index is 4.07. The molecule has 0 radical (unpaired) electrons. The molecule has 0 aromatic carbocycles. The van der Waals surface area contributed by atoms with Crippen molar-refractivity contribution in [1.29, 1.82) is 0 Å². The Labute approximate surface area is 109 Å². The second kappa shape index (κ2) is 5.51. The van der Waals surface area contributed by atoms with Crippen LogP contribution in [0.25, 0.3) is 0 Å². The lowest BCUT2D eigenvalue weighted by Gasteiger charge is -2.23. The molecule has 90 valence electrons. The van der Waals surface area contributed by atoms with Gasteiger partial charge in [-0.25, -0.2) is 4.68 Å². The van der Waals surface area contributed by atoms with Crippen molar-refractivity contribution in [2.45, 2.75) is 31.1 Å². The second-order valence-corrected chi connectivity index (χ2v) is 6.07. The Hall–Kier alpha value is -0.0700. The average molecular weight is 305 g/mol. The summed E-state index contributed by atoms with van der Waals surface area (Å²) >= 11 is 5.54. The standard InChI is InChI=1S/C10H17BrN4S/c1-3-12-8(7-5-4-6-16-7)9-10(11)13-14-15(9)2/h7-8,12H,3-6H2,1-2H3. The van der Waals surface area contributed by atoms with E-state index in [1.54, 1.807) is 0 Å². The van der Waals surface area contributed by atoms with Crippen LogP contribution in [0, 0.1) is 0 Å². The number of halogens is 1. The largest absolute Gasteiger partial charge is 0.308 e. The Balaban J connectivity index is 2.24. The van der Waals surface area contributed by atoms with Crippen molar-refractivity contribution in [2.75, 3.05) is 12.3 Å². The van der Waals surface area contributed by atoms with Crippen LogP contribution < -0.4 is 5.32 Å². The molecule has 16 heavy (non-hydrogen) atoms. The molecule has 0 amide bonds. The number of hydrogen-bond donors (Lipinski definition) is 1. The van der Waals surface area contributed by atoms with E-state index < -0.39 is 0 Å². The minimum atomic E-state index is 0.354. The van der Waals surface area contributed by atoms with Gasteiger partial charge in [-0.1, -0.05) is 12.1 Å². The molecule has 0 spiro atoms. The number of aryl methyl sites for hydroxylation is 1. The number of thioether (sulfide) groups is 1. The summed E-state index contributed by atoms with van der Waals surface area (Å²) in [7, 11) is 1.96. The van der Waals surface area contributed by atoms with E-state index >= 15 is 0 Å². The van der Waals surface area contributed by atoms with Crippen LogP contribution in [0.5, 0.6) is 0 Å². The Morgan fingerprint density at radius 2 is 2.50 bits per heavy atom. The average Bonchev–Trinajstić information content (AvgIpc) is 2.87. The second-order valence-electron chi connectivity index (χ2n) is 3.98. The highest BCUT2D eigenvalue weighted by Crippen LogP contribution is 2.37. The predicted molar refractivity (Wildman–Crippen MR) is 70.6 cm³/mol. The molecule has 4 nitrogen and oxygen atoms in total. The summed E-state index contributed by atoms with van der Waals surface area (Å²) in [6.45, 7) is 3.11. The van der Waals surface area contributed by atoms with E-state index in [1.165, 1.54) is 24.3 Å². The molecule has 2 rings (SSSR count). The smallest absolute Gasteiger partial charge is 0.153 e. The third-order valence-corrected chi connectivity index (χ3v) is 4.91. The molecule has 0 saturated carbocycles.